The van der Waals surface area contributed by atoms with Gasteiger partial charge < -0.3 is 10.1 Å². The lowest BCUT2D eigenvalue weighted by atomic mass is 9.74. The number of aromatic nitrogens is 1. The number of carbonyl (C=O) groups excluding carboxylic acids is 1. The number of piperidine rings is 1. The molecule has 1 fully saturated rings. The molecule has 0 aliphatic carbocycles. The lowest BCUT2D eigenvalue weighted by molar-refractivity contribution is -0.274. The normalized spacial score (nSPS) is 17.0. The largest absolute Gasteiger partial charge is 0.573 e. The number of ether oxygens (including phenoxy) is 1. The third kappa shape index (κ3) is 7.42. The van der Waals surface area contributed by atoms with Crippen LogP contribution in [0.2, 0.25) is 5.15 Å². The number of hydrogen-bond acceptors (Lipinski definition) is 4. The van der Waals surface area contributed by atoms with Crippen LogP contribution >= 0.6 is 11.6 Å². The molecule has 228 valence electrons. The molecule has 1 N–H and O–H groups in total. The zero-order chi connectivity index (χ0) is 30.8. The van der Waals surface area contributed by atoms with Crippen molar-refractivity contribution < 1.29 is 35.9 Å². The second kappa shape index (κ2) is 12.1. The van der Waals surface area contributed by atoms with Crippen LogP contribution in [-0.4, -0.2) is 48.5 Å². The number of amides is 2. The number of likely N-dealkylation sites (tertiary alicyclic amines) is 1. The summed E-state index contributed by atoms with van der Waals surface area (Å²) < 4.78 is 82.0. The van der Waals surface area contributed by atoms with Gasteiger partial charge in [0.15, 0.2) is 0 Å². The molecule has 6 nitrogen and oxygen atoms in total. The fraction of sp³-hybridized carbons (Fsp3) is 0.333. The minimum absolute atomic E-state index is 0.179. The summed E-state index contributed by atoms with van der Waals surface area (Å²) >= 11 is 5.93. The van der Waals surface area contributed by atoms with Crippen molar-refractivity contribution in [3.63, 3.8) is 0 Å². The van der Waals surface area contributed by atoms with E-state index in [4.69, 9.17) is 11.6 Å². The van der Waals surface area contributed by atoms with E-state index >= 15 is 0 Å². The minimum Gasteiger partial charge on any atom is -0.406 e. The zero-order valence-electron chi connectivity index (χ0n) is 22.7. The molecule has 0 bridgehead atoms. The molecule has 5 rings (SSSR count). The summed E-state index contributed by atoms with van der Waals surface area (Å²) in [6, 6.07) is 12.0. The van der Waals surface area contributed by atoms with E-state index in [1.54, 1.807) is 18.2 Å². The van der Waals surface area contributed by atoms with E-state index in [2.05, 4.69) is 19.9 Å². The van der Waals surface area contributed by atoms with Gasteiger partial charge >= 0.3 is 18.6 Å². The van der Waals surface area contributed by atoms with Crippen LogP contribution in [0.3, 0.4) is 0 Å². The highest BCUT2D eigenvalue weighted by atomic mass is 35.5. The summed E-state index contributed by atoms with van der Waals surface area (Å²) in [7, 11) is 0. The van der Waals surface area contributed by atoms with Gasteiger partial charge in [-0.1, -0.05) is 35.9 Å². The number of rotatable bonds is 6. The van der Waals surface area contributed by atoms with Crippen LogP contribution in [0.15, 0.2) is 66.9 Å². The molecule has 0 radical (unpaired) electrons. The van der Waals surface area contributed by atoms with Crippen LogP contribution in [0.25, 0.3) is 6.08 Å². The van der Waals surface area contributed by atoms with Crippen molar-refractivity contribution in [2.45, 2.75) is 37.3 Å². The Hall–Kier alpha value is -3.77. The average Bonchev–Trinajstić information content (AvgIpc) is 3.26. The Balaban J connectivity index is 1.26. The molecule has 0 saturated carbocycles. The van der Waals surface area contributed by atoms with Crippen molar-refractivity contribution in [1.29, 1.82) is 0 Å². The molecule has 43 heavy (non-hydrogen) atoms. The average molecular weight is 625 g/mol. The molecule has 1 aromatic heterocycles. The number of halogens is 7. The van der Waals surface area contributed by atoms with E-state index in [1.807, 2.05) is 6.08 Å². The fourth-order valence-corrected chi connectivity index (χ4v) is 5.76. The van der Waals surface area contributed by atoms with Crippen molar-refractivity contribution in [3.8, 4) is 5.75 Å². The highest BCUT2D eigenvalue weighted by Gasteiger charge is 2.47. The van der Waals surface area contributed by atoms with E-state index in [1.165, 1.54) is 47.5 Å². The Kier molecular flexibility index (Phi) is 8.62. The van der Waals surface area contributed by atoms with Crippen LogP contribution in [-0.2, 0) is 18.1 Å². The molecule has 2 amide bonds. The maximum absolute atomic E-state index is 13.7. The topological polar surface area (TPSA) is 57.7 Å². The predicted octanol–water partition coefficient (Wildman–Crippen LogP) is 7.43. The molecule has 1 spiro atoms. The highest BCUT2D eigenvalue weighted by Crippen LogP contribution is 2.48. The third-order valence-electron chi connectivity index (χ3n) is 7.73. The lowest BCUT2D eigenvalue weighted by Gasteiger charge is -2.39. The van der Waals surface area contributed by atoms with Crippen LogP contribution in [0.4, 0.5) is 36.8 Å². The molecule has 2 aromatic carbocycles. The summed E-state index contributed by atoms with van der Waals surface area (Å²) in [4.78, 5) is 20.8. The van der Waals surface area contributed by atoms with Gasteiger partial charge in [-0.05, 0) is 85.1 Å². The summed E-state index contributed by atoms with van der Waals surface area (Å²) in [5.41, 5.74) is 1.02. The molecule has 0 atom stereocenters. The van der Waals surface area contributed by atoms with Crippen LogP contribution in [0.1, 0.15) is 35.1 Å². The number of fused-ring (bicyclic) bond motifs is 2. The van der Waals surface area contributed by atoms with Crippen molar-refractivity contribution >= 4 is 29.4 Å². The van der Waals surface area contributed by atoms with Gasteiger partial charge in [-0.15, -0.1) is 13.2 Å². The second-order valence-electron chi connectivity index (χ2n) is 10.6. The van der Waals surface area contributed by atoms with Crippen molar-refractivity contribution in [3.05, 3.63) is 94.3 Å². The van der Waals surface area contributed by atoms with E-state index in [-0.39, 0.29) is 24.0 Å². The Labute approximate surface area is 248 Å². The second-order valence-corrected chi connectivity index (χ2v) is 10.9. The molecule has 0 unspecified atom stereocenters. The number of nitrogens with zero attached hydrogens (tertiary/aromatic N) is 3. The van der Waals surface area contributed by atoms with Gasteiger partial charge in [0.05, 0.1) is 5.56 Å². The first kappa shape index (κ1) is 30.7. The molecule has 3 heterocycles. The van der Waals surface area contributed by atoms with Crippen molar-refractivity contribution in [2.24, 2.45) is 0 Å². The van der Waals surface area contributed by atoms with Gasteiger partial charge in [-0.3, -0.25) is 9.80 Å². The van der Waals surface area contributed by atoms with Gasteiger partial charge in [0, 0.05) is 36.9 Å². The Morgan fingerprint density at radius 1 is 1.02 bits per heavy atom. The molecule has 1 saturated heterocycles. The van der Waals surface area contributed by atoms with Gasteiger partial charge in [0.1, 0.15) is 10.9 Å². The Bertz CT molecular complexity index is 1490. The highest BCUT2D eigenvalue weighted by molar-refractivity contribution is 6.29. The monoisotopic (exact) mass is 624 g/mol. The summed E-state index contributed by atoms with van der Waals surface area (Å²) in [5.74, 6) is -0.305. The minimum atomic E-state index is -4.76. The first-order valence-corrected chi connectivity index (χ1v) is 13.8. The number of nitrogens with one attached hydrogen (secondary N) is 1. The molecular formula is C30H27ClF6N4O2. The van der Waals surface area contributed by atoms with Crippen LogP contribution < -0.4 is 15.0 Å². The number of carbonyl (C=O) groups is 1. The molecule has 3 aromatic rings. The third-order valence-corrected chi connectivity index (χ3v) is 7.93. The van der Waals surface area contributed by atoms with Gasteiger partial charge in [-0.25, -0.2) is 9.78 Å². The summed E-state index contributed by atoms with van der Waals surface area (Å²) in [6.07, 6.45) is -3.00. The molecule has 2 aliphatic heterocycles. The predicted molar refractivity (Wildman–Crippen MR) is 150 cm³/mol. The van der Waals surface area contributed by atoms with E-state index < -0.39 is 29.5 Å². The summed E-state index contributed by atoms with van der Waals surface area (Å²) in [6.45, 7) is 2.15. The number of hydrogen-bond donors (Lipinski definition) is 1. The number of benzene rings is 2. The van der Waals surface area contributed by atoms with Gasteiger partial charge in [0.25, 0.3) is 0 Å². The maximum atomic E-state index is 13.7. The quantitative estimate of drug-likeness (QED) is 0.229. The zero-order valence-corrected chi connectivity index (χ0v) is 23.4. The maximum Gasteiger partial charge on any atom is 0.573 e. The van der Waals surface area contributed by atoms with Gasteiger partial charge in [-0.2, -0.15) is 13.2 Å². The Morgan fingerprint density at radius 3 is 2.40 bits per heavy atom. The number of alkyl halides is 6. The Morgan fingerprint density at radius 2 is 1.74 bits per heavy atom. The molecule has 13 heteroatoms. The van der Waals surface area contributed by atoms with E-state index in [0.29, 0.717) is 49.3 Å². The number of pyridine rings is 1. The molecule has 2 aliphatic rings. The summed E-state index contributed by atoms with van der Waals surface area (Å²) in [5, 5.41) is 3.12. The first-order chi connectivity index (χ1) is 20.3. The van der Waals surface area contributed by atoms with Crippen LogP contribution in [0.5, 0.6) is 5.75 Å². The lowest BCUT2D eigenvalue weighted by Crippen LogP contribution is -2.47. The van der Waals surface area contributed by atoms with Crippen molar-refractivity contribution in [2.75, 3.05) is 31.1 Å². The van der Waals surface area contributed by atoms with Crippen LogP contribution in [0, 0.1) is 0 Å². The SMILES string of the molecule is O=C(NCc1ccnc(Cl)c1)N1CC2(CCN(C/C=C/c3ccc(OC(F)(F)F)cc3)CC2)c2cc(C(F)(F)F)ccc21. The standard InChI is InChI=1S/C30H27ClF6N4O2/c31-26-16-21(9-12-38-26)18-39-27(42)41-19-28(24-17-22(29(32,33)34)5-8-25(24)41)10-14-40(15-11-28)13-1-2-20-3-6-23(7-4-20)43-30(35,36)37/h1-9,12,16-17H,10-11,13-15,18-19H2,(H,39,42)/b2-1+. The smallest absolute Gasteiger partial charge is 0.406 e. The van der Waals surface area contributed by atoms with E-state index in [9.17, 15) is 31.1 Å². The fourth-order valence-electron chi connectivity index (χ4n) is 5.56. The van der Waals surface area contributed by atoms with E-state index in [0.717, 1.165) is 11.6 Å². The number of urea groups is 1. The molecular weight excluding hydrogens is 598 g/mol. The van der Waals surface area contributed by atoms with Gasteiger partial charge in [0.2, 0.25) is 0 Å². The van der Waals surface area contributed by atoms with Crippen molar-refractivity contribution in [1.82, 2.24) is 15.2 Å². The first-order valence-electron chi connectivity index (χ1n) is 13.4. The number of anilines is 1.